The highest BCUT2D eigenvalue weighted by Gasteiger charge is 2.27. The van der Waals surface area contributed by atoms with Gasteiger partial charge in [-0.2, -0.15) is 0 Å². The molecule has 4 heterocycles. The lowest BCUT2D eigenvalue weighted by Crippen LogP contribution is -2.48. The van der Waals surface area contributed by atoms with E-state index in [0.717, 1.165) is 19.6 Å². The zero-order valence-electron chi connectivity index (χ0n) is 17.7. The molecule has 1 aromatic carbocycles. The fourth-order valence-electron chi connectivity index (χ4n) is 4.12. The van der Waals surface area contributed by atoms with Gasteiger partial charge in [0.2, 0.25) is 0 Å². The summed E-state index contributed by atoms with van der Waals surface area (Å²) in [6.45, 7) is 7.90. The van der Waals surface area contributed by atoms with Gasteiger partial charge in [-0.15, -0.1) is 0 Å². The lowest BCUT2D eigenvalue weighted by Gasteiger charge is -2.35. The molecular weight excluding hydrogens is 392 g/mol. The average Bonchev–Trinajstić information content (AvgIpc) is 3.45. The average molecular weight is 416 g/mol. The fourth-order valence-corrected chi connectivity index (χ4v) is 4.12. The molecule has 4 aromatic rings. The van der Waals surface area contributed by atoms with E-state index in [1.807, 2.05) is 17.9 Å². The maximum absolute atomic E-state index is 13.5. The van der Waals surface area contributed by atoms with E-state index in [4.69, 9.17) is 8.94 Å². The Bertz CT molecular complexity index is 1220. The first-order chi connectivity index (χ1) is 15.1. The topological polar surface area (TPSA) is 75.6 Å². The molecule has 31 heavy (non-hydrogen) atoms. The second kappa shape index (κ2) is 8.00. The maximum Gasteiger partial charge on any atom is 0.259 e. The van der Waals surface area contributed by atoms with E-state index in [-0.39, 0.29) is 5.91 Å². The van der Waals surface area contributed by atoms with Crippen molar-refractivity contribution < 1.29 is 13.7 Å². The summed E-state index contributed by atoms with van der Waals surface area (Å²) in [6.07, 6.45) is 1.59. The molecule has 158 valence electrons. The van der Waals surface area contributed by atoms with Gasteiger partial charge >= 0.3 is 0 Å². The number of aromatic nitrogens is 2. The molecule has 7 nitrogen and oxygen atoms in total. The van der Waals surface area contributed by atoms with Gasteiger partial charge in [0.15, 0.2) is 5.76 Å². The van der Waals surface area contributed by atoms with Crippen LogP contribution >= 0.6 is 0 Å². The Labute approximate surface area is 180 Å². The third-order valence-electron chi connectivity index (χ3n) is 5.94. The number of furan rings is 1. The second-order valence-corrected chi connectivity index (χ2v) is 7.98. The van der Waals surface area contributed by atoms with E-state index >= 15 is 0 Å². The molecule has 0 radical (unpaired) electrons. The first kappa shape index (κ1) is 19.5. The van der Waals surface area contributed by atoms with Crippen LogP contribution in [0, 0.1) is 13.8 Å². The van der Waals surface area contributed by atoms with E-state index in [9.17, 15) is 4.79 Å². The molecule has 1 amide bonds. The summed E-state index contributed by atoms with van der Waals surface area (Å²) < 4.78 is 10.9. The minimum atomic E-state index is -0.0259. The van der Waals surface area contributed by atoms with E-state index in [1.54, 1.807) is 18.4 Å². The van der Waals surface area contributed by atoms with Crippen LogP contribution in [-0.2, 0) is 6.54 Å². The summed E-state index contributed by atoms with van der Waals surface area (Å²) in [4.78, 5) is 22.3. The van der Waals surface area contributed by atoms with E-state index in [2.05, 4.69) is 46.2 Å². The van der Waals surface area contributed by atoms with Gasteiger partial charge in [0.25, 0.3) is 11.6 Å². The van der Waals surface area contributed by atoms with Crippen LogP contribution in [0.2, 0.25) is 0 Å². The molecule has 0 atom stereocenters. The van der Waals surface area contributed by atoms with Gasteiger partial charge < -0.3 is 13.8 Å². The van der Waals surface area contributed by atoms with E-state index in [0.29, 0.717) is 46.9 Å². The Balaban J connectivity index is 1.37. The number of piperazine rings is 1. The number of rotatable bonds is 4. The zero-order valence-corrected chi connectivity index (χ0v) is 17.7. The highest BCUT2D eigenvalue weighted by Crippen LogP contribution is 2.28. The number of hydrogen-bond donors (Lipinski definition) is 0. The largest absolute Gasteiger partial charge is 0.463 e. The number of fused-ring (bicyclic) bond motifs is 1. The Morgan fingerprint density at radius 3 is 2.61 bits per heavy atom. The van der Waals surface area contributed by atoms with Crippen LogP contribution in [0.25, 0.3) is 22.6 Å². The third-order valence-corrected chi connectivity index (χ3v) is 5.94. The number of amides is 1. The number of benzene rings is 1. The number of nitrogens with zero attached hydrogens (tertiary/aromatic N) is 4. The molecule has 1 fully saturated rings. The molecular formula is C24H24N4O3. The van der Waals surface area contributed by atoms with Crippen molar-refractivity contribution in [1.82, 2.24) is 19.9 Å². The third kappa shape index (κ3) is 3.72. The minimum Gasteiger partial charge on any atom is -0.463 e. The molecule has 1 saturated heterocycles. The lowest BCUT2D eigenvalue weighted by molar-refractivity contribution is 0.0630. The van der Waals surface area contributed by atoms with E-state index in [1.165, 1.54) is 11.1 Å². The Hall–Kier alpha value is -3.45. The van der Waals surface area contributed by atoms with Gasteiger partial charge in [0, 0.05) is 32.7 Å². The van der Waals surface area contributed by atoms with Crippen molar-refractivity contribution in [2.75, 3.05) is 26.2 Å². The summed E-state index contributed by atoms with van der Waals surface area (Å²) >= 11 is 0. The van der Waals surface area contributed by atoms with Crippen molar-refractivity contribution in [2.24, 2.45) is 0 Å². The smallest absolute Gasteiger partial charge is 0.259 e. The summed E-state index contributed by atoms with van der Waals surface area (Å²) in [5.74, 6) is 0.565. The van der Waals surface area contributed by atoms with Crippen molar-refractivity contribution in [2.45, 2.75) is 20.4 Å². The number of aryl methyl sites for hydroxylation is 2. The predicted molar refractivity (Wildman–Crippen MR) is 117 cm³/mol. The Morgan fingerprint density at radius 2 is 1.87 bits per heavy atom. The first-order valence-electron chi connectivity index (χ1n) is 10.5. The quantitative estimate of drug-likeness (QED) is 0.499. The summed E-state index contributed by atoms with van der Waals surface area (Å²) in [5, 5.41) is 4.70. The van der Waals surface area contributed by atoms with Gasteiger partial charge in [-0.05, 0) is 43.2 Å². The predicted octanol–water partition coefficient (Wildman–Crippen LogP) is 4.06. The van der Waals surface area contributed by atoms with E-state index < -0.39 is 0 Å². The lowest BCUT2D eigenvalue weighted by atomic mass is 10.1. The standard InChI is InChI=1S/C24H24N4O3/c1-16-6-3-4-7-18(16)15-27-9-11-28(12-10-27)24(29)19-14-20(21-8-5-13-30-21)25-23-22(19)17(2)26-31-23/h3-8,13-14H,9-12,15H2,1-2H3. The normalized spacial score (nSPS) is 15.0. The Kier molecular flexibility index (Phi) is 5.03. The van der Waals surface area contributed by atoms with Crippen molar-refractivity contribution in [3.8, 4) is 11.5 Å². The number of carbonyl (C=O) groups excluding carboxylic acids is 1. The Morgan fingerprint density at radius 1 is 1.06 bits per heavy atom. The highest BCUT2D eigenvalue weighted by atomic mass is 16.5. The summed E-state index contributed by atoms with van der Waals surface area (Å²) in [6, 6.07) is 13.8. The molecule has 3 aromatic heterocycles. The van der Waals surface area contributed by atoms with Gasteiger partial charge in [-0.1, -0.05) is 29.4 Å². The maximum atomic E-state index is 13.5. The van der Waals surface area contributed by atoms with Crippen LogP contribution in [-0.4, -0.2) is 52.0 Å². The van der Waals surface area contributed by atoms with Gasteiger partial charge in [0.1, 0.15) is 5.69 Å². The molecule has 5 rings (SSSR count). The number of pyridine rings is 1. The molecule has 1 aliphatic heterocycles. The summed E-state index contributed by atoms with van der Waals surface area (Å²) in [5.41, 5.74) is 4.77. The minimum absolute atomic E-state index is 0.0259. The van der Waals surface area contributed by atoms with Gasteiger partial charge in [-0.25, -0.2) is 4.98 Å². The molecule has 0 spiro atoms. The molecule has 0 bridgehead atoms. The van der Waals surface area contributed by atoms with Crippen LogP contribution in [0.4, 0.5) is 0 Å². The van der Waals surface area contributed by atoms with Crippen molar-refractivity contribution >= 4 is 17.0 Å². The van der Waals surface area contributed by atoms with Crippen molar-refractivity contribution in [3.05, 3.63) is 71.1 Å². The van der Waals surface area contributed by atoms with Gasteiger partial charge in [0.05, 0.1) is 22.9 Å². The zero-order chi connectivity index (χ0) is 21.4. The van der Waals surface area contributed by atoms with Crippen LogP contribution < -0.4 is 0 Å². The summed E-state index contributed by atoms with van der Waals surface area (Å²) in [7, 11) is 0. The molecule has 0 aliphatic carbocycles. The van der Waals surface area contributed by atoms with Crippen LogP contribution in [0.3, 0.4) is 0 Å². The van der Waals surface area contributed by atoms with Crippen LogP contribution in [0.5, 0.6) is 0 Å². The molecule has 0 N–H and O–H groups in total. The number of carbonyl (C=O) groups is 1. The number of hydrogen-bond acceptors (Lipinski definition) is 6. The van der Waals surface area contributed by atoms with Crippen molar-refractivity contribution in [3.63, 3.8) is 0 Å². The molecule has 0 unspecified atom stereocenters. The second-order valence-electron chi connectivity index (χ2n) is 7.98. The van der Waals surface area contributed by atoms with Crippen LogP contribution in [0.15, 0.2) is 57.7 Å². The molecule has 7 heteroatoms. The SMILES string of the molecule is Cc1ccccc1CN1CCN(C(=O)c2cc(-c3ccco3)nc3onc(C)c23)CC1. The fraction of sp³-hybridized carbons (Fsp3) is 0.292. The highest BCUT2D eigenvalue weighted by molar-refractivity contribution is 6.06. The van der Waals surface area contributed by atoms with Crippen LogP contribution in [0.1, 0.15) is 27.2 Å². The molecule has 1 aliphatic rings. The van der Waals surface area contributed by atoms with Gasteiger partial charge in [-0.3, -0.25) is 9.69 Å². The monoisotopic (exact) mass is 416 g/mol. The molecule has 0 saturated carbocycles. The van der Waals surface area contributed by atoms with Crippen molar-refractivity contribution in [1.29, 1.82) is 0 Å². The first-order valence-corrected chi connectivity index (χ1v) is 10.5.